The summed E-state index contributed by atoms with van der Waals surface area (Å²) in [5.74, 6) is -0.235. The molecule has 35 heavy (non-hydrogen) atoms. The summed E-state index contributed by atoms with van der Waals surface area (Å²) in [6, 6.07) is 20.7. The monoisotopic (exact) mass is 472 g/mol. The lowest BCUT2D eigenvalue weighted by Gasteiger charge is -2.17. The quantitative estimate of drug-likeness (QED) is 0.393. The Hall–Kier alpha value is -4.26. The van der Waals surface area contributed by atoms with E-state index in [9.17, 15) is 19.2 Å². The SMILES string of the molecule is COc1ccc(C(CC(=O)c2ccc(NC(C)=O)cc2)CC(=O)c2ccc(NC(C)=O)cc2)cc1. The molecule has 2 N–H and O–H groups in total. The highest BCUT2D eigenvalue weighted by Gasteiger charge is 2.22. The van der Waals surface area contributed by atoms with Crippen molar-refractivity contribution in [2.45, 2.75) is 32.6 Å². The van der Waals surface area contributed by atoms with E-state index in [4.69, 9.17) is 4.74 Å². The minimum Gasteiger partial charge on any atom is -0.497 e. The first-order valence-electron chi connectivity index (χ1n) is 11.2. The topological polar surface area (TPSA) is 102 Å². The van der Waals surface area contributed by atoms with Crippen LogP contribution >= 0.6 is 0 Å². The van der Waals surface area contributed by atoms with Crippen molar-refractivity contribution in [3.63, 3.8) is 0 Å². The predicted molar refractivity (Wildman–Crippen MR) is 135 cm³/mol. The molecule has 0 fully saturated rings. The van der Waals surface area contributed by atoms with E-state index in [-0.39, 0.29) is 42.1 Å². The fraction of sp³-hybridized carbons (Fsp3) is 0.214. The fourth-order valence-electron chi connectivity index (χ4n) is 3.75. The molecular formula is C28H28N2O5. The first-order chi connectivity index (χ1) is 16.7. The van der Waals surface area contributed by atoms with E-state index >= 15 is 0 Å². The number of benzene rings is 3. The Morgan fingerprint density at radius 2 is 1.06 bits per heavy atom. The molecule has 0 atom stereocenters. The van der Waals surface area contributed by atoms with Crippen molar-refractivity contribution in [2.24, 2.45) is 0 Å². The Balaban J connectivity index is 1.79. The first kappa shape index (κ1) is 25.4. The van der Waals surface area contributed by atoms with Gasteiger partial charge in [-0.05, 0) is 72.1 Å². The molecule has 180 valence electrons. The van der Waals surface area contributed by atoms with Crippen molar-refractivity contribution in [3.05, 3.63) is 89.5 Å². The van der Waals surface area contributed by atoms with Crippen molar-refractivity contribution in [1.29, 1.82) is 0 Å². The van der Waals surface area contributed by atoms with Crippen LogP contribution in [0.5, 0.6) is 5.75 Å². The number of hydrogen-bond donors (Lipinski definition) is 2. The highest BCUT2D eigenvalue weighted by atomic mass is 16.5. The highest BCUT2D eigenvalue weighted by Crippen LogP contribution is 2.29. The van der Waals surface area contributed by atoms with Gasteiger partial charge in [-0.3, -0.25) is 19.2 Å². The molecule has 0 heterocycles. The van der Waals surface area contributed by atoms with Gasteiger partial charge in [-0.1, -0.05) is 12.1 Å². The molecule has 0 aromatic heterocycles. The van der Waals surface area contributed by atoms with E-state index in [0.29, 0.717) is 28.3 Å². The zero-order chi connectivity index (χ0) is 25.4. The third-order valence-electron chi connectivity index (χ3n) is 5.51. The van der Waals surface area contributed by atoms with Crippen LogP contribution in [0.3, 0.4) is 0 Å². The minimum absolute atomic E-state index is 0.103. The van der Waals surface area contributed by atoms with E-state index in [0.717, 1.165) is 5.56 Å². The smallest absolute Gasteiger partial charge is 0.221 e. The molecule has 0 aliphatic carbocycles. The summed E-state index contributed by atoms with van der Waals surface area (Å²) < 4.78 is 5.23. The summed E-state index contributed by atoms with van der Waals surface area (Å²) in [5.41, 5.74) is 3.09. The number of anilines is 2. The Morgan fingerprint density at radius 1 is 0.657 bits per heavy atom. The maximum absolute atomic E-state index is 13.1. The van der Waals surface area contributed by atoms with Crippen LogP contribution in [-0.4, -0.2) is 30.5 Å². The number of Topliss-reactive ketones (excluding diaryl/α,β-unsaturated/α-hetero) is 2. The Labute approximate surface area is 204 Å². The van der Waals surface area contributed by atoms with Gasteiger partial charge >= 0.3 is 0 Å². The second kappa shape index (κ2) is 11.7. The molecule has 2 amide bonds. The lowest BCUT2D eigenvalue weighted by Crippen LogP contribution is -2.13. The van der Waals surface area contributed by atoms with Crippen molar-refractivity contribution < 1.29 is 23.9 Å². The van der Waals surface area contributed by atoms with Gasteiger partial charge in [0.2, 0.25) is 11.8 Å². The molecular weight excluding hydrogens is 444 g/mol. The average molecular weight is 473 g/mol. The van der Waals surface area contributed by atoms with Crippen LogP contribution in [-0.2, 0) is 9.59 Å². The van der Waals surface area contributed by atoms with Crippen LogP contribution in [0, 0.1) is 0 Å². The normalized spacial score (nSPS) is 10.5. The van der Waals surface area contributed by atoms with Gasteiger partial charge in [0.05, 0.1) is 7.11 Å². The Kier molecular flexibility index (Phi) is 8.51. The van der Waals surface area contributed by atoms with Gasteiger partial charge < -0.3 is 15.4 Å². The number of ketones is 2. The van der Waals surface area contributed by atoms with E-state index in [1.807, 2.05) is 24.3 Å². The van der Waals surface area contributed by atoms with Gasteiger partial charge in [0.25, 0.3) is 0 Å². The maximum Gasteiger partial charge on any atom is 0.221 e. The zero-order valence-corrected chi connectivity index (χ0v) is 20.0. The van der Waals surface area contributed by atoms with Crippen LogP contribution in [0.2, 0.25) is 0 Å². The molecule has 0 unspecified atom stereocenters. The standard InChI is InChI=1S/C28H28N2O5/c1-18(31)29-24-10-4-21(5-11-24)27(33)16-23(20-8-14-26(35-3)15-9-20)17-28(34)22-6-12-25(13-7-22)30-19(2)32/h4-15,23H,16-17H2,1-3H3,(H,29,31)(H,30,32). The third kappa shape index (κ3) is 7.37. The zero-order valence-electron chi connectivity index (χ0n) is 20.0. The summed E-state index contributed by atoms with van der Waals surface area (Å²) >= 11 is 0. The van der Waals surface area contributed by atoms with Crippen LogP contribution in [0.15, 0.2) is 72.8 Å². The molecule has 3 aromatic rings. The second-order valence-corrected chi connectivity index (χ2v) is 8.24. The minimum atomic E-state index is -0.342. The van der Waals surface area contributed by atoms with Crippen molar-refractivity contribution in [2.75, 3.05) is 17.7 Å². The van der Waals surface area contributed by atoms with E-state index in [1.54, 1.807) is 55.6 Å². The van der Waals surface area contributed by atoms with Crippen LogP contribution in [0.4, 0.5) is 11.4 Å². The van der Waals surface area contributed by atoms with E-state index in [2.05, 4.69) is 10.6 Å². The molecule has 0 saturated heterocycles. The van der Waals surface area contributed by atoms with Crippen LogP contribution in [0.25, 0.3) is 0 Å². The fourth-order valence-corrected chi connectivity index (χ4v) is 3.75. The summed E-state index contributed by atoms with van der Waals surface area (Å²) in [6.45, 7) is 2.84. The molecule has 0 aliphatic rings. The second-order valence-electron chi connectivity index (χ2n) is 8.24. The van der Waals surface area contributed by atoms with Gasteiger partial charge in [0.15, 0.2) is 11.6 Å². The van der Waals surface area contributed by atoms with Gasteiger partial charge in [0, 0.05) is 49.2 Å². The third-order valence-corrected chi connectivity index (χ3v) is 5.51. The Bertz CT molecular complexity index is 1130. The highest BCUT2D eigenvalue weighted by molar-refractivity contribution is 6.00. The molecule has 3 rings (SSSR count). The van der Waals surface area contributed by atoms with Gasteiger partial charge in [-0.25, -0.2) is 0 Å². The van der Waals surface area contributed by atoms with E-state index < -0.39 is 0 Å². The molecule has 0 saturated carbocycles. The van der Waals surface area contributed by atoms with Crippen molar-refractivity contribution in [1.82, 2.24) is 0 Å². The number of ether oxygens (including phenoxy) is 1. The summed E-state index contributed by atoms with van der Waals surface area (Å²) in [5, 5.41) is 5.35. The molecule has 7 nitrogen and oxygen atoms in total. The van der Waals surface area contributed by atoms with Crippen molar-refractivity contribution in [3.8, 4) is 5.75 Å². The maximum atomic E-state index is 13.1. The number of carbonyl (C=O) groups excluding carboxylic acids is 4. The Morgan fingerprint density at radius 3 is 1.40 bits per heavy atom. The lowest BCUT2D eigenvalue weighted by atomic mass is 9.86. The molecule has 0 aliphatic heterocycles. The summed E-state index contributed by atoms with van der Waals surface area (Å²) in [4.78, 5) is 48.6. The van der Waals surface area contributed by atoms with Crippen LogP contribution < -0.4 is 15.4 Å². The summed E-state index contributed by atoms with van der Waals surface area (Å²) in [6.07, 6.45) is 0.281. The molecule has 0 spiro atoms. The first-order valence-corrected chi connectivity index (χ1v) is 11.2. The van der Waals surface area contributed by atoms with E-state index in [1.165, 1.54) is 13.8 Å². The lowest BCUT2D eigenvalue weighted by molar-refractivity contribution is -0.115. The number of methoxy groups -OCH3 is 1. The number of nitrogens with one attached hydrogen (secondary N) is 2. The summed E-state index contributed by atoms with van der Waals surface area (Å²) in [7, 11) is 1.58. The number of rotatable bonds is 10. The molecule has 0 bridgehead atoms. The average Bonchev–Trinajstić information content (AvgIpc) is 2.83. The molecule has 3 aromatic carbocycles. The van der Waals surface area contributed by atoms with Gasteiger partial charge in [-0.15, -0.1) is 0 Å². The van der Waals surface area contributed by atoms with Crippen molar-refractivity contribution >= 4 is 34.8 Å². The van der Waals surface area contributed by atoms with Crippen LogP contribution in [0.1, 0.15) is 58.9 Å². The van der Waals surface area contributed by atoms with Gasteiger partial charge in [0.1, 0.15) is 5.75 Å². The predicted octanol–water partition coefficient (Wildman–Crippen LogP) is 5.24. The molecule has 0 radical (unpaired) electrons. The number of carbonyl (C=O) groups is 4. The molecule has 7 heteroatoms. The van der Waals surface area contributed by atoms with Gasteiger partial charge in [-0.2, -0.15) is 0 Å². The number of amides is 2. The largest absolute Gasteiger partial charge is 0.497 e. The number of hydrogen-bond acceptors (Lipinski definition) is 5.